The number of hydrogen-bond acceptors (Lipinski definition) is 3. The Bertz CT molecular complexity index is 453. The number of aliphatic imine (C=N–C) groups is 1. The predicted octanol–water partition coefficient (Wildman–Crippen LogP) is 1.95. The van der Waals surface area contributed by atoms with Crippen molar-refractivity contribution < 1.29 is 0 Å². The summed E-state index contributed by atoms with van der Waals surface area (Å²) in [5.41, 5.74) is 9.07. The molecule has 0 aromatic heterocycles. The van der Waals surface area contributed by atoms with Gasteiger partial charge < -0.3 is 5.73 Å². The van der Waals surface area contributed by atoms with E-state index in [-0.39, 0.29) is 0 Å². The van der Waals surface area contributed by atoms with E-state index >= 15 is 0 Å². The highest BCUT2D eigenvalue weighted by Gasteiger charge is 1.98. The molecule has 1 aromatic carbocycles. The number of hydrogen-bond donors (Lipinski definition) is 1. The van der Waals surface area contributed by atoms with E-state index < -0.39 is 0 Å². The van der Waals surface area contributed by atoms with E-state index in [1.807, 2.05) is 19.1 Å². The molecule has 0 aliphatic heterocycles. The molecule has 2 N–H and O–H groups in total. The summed E-state index contributed by atoms with van der Waals surface area (Å²) >= 11 is 0. The Morgan fingerprint density at radius 1 is 1.62 bits per heavy atom. The largest absolute Gasteiger partial charge is 0.326 e. The number of nitrogens with two attached hydrogens (primary N) is 1. The molecule has 0 amide bonds. The van der Waals surface area contributed by atoms with E-state index in [1.165, 1.54) is 0 Å². The summed E-state index contributed by atoms with van der Waals surface area (Å²) in [7, 11) is 0. The minimum absolute atomic E-state index is 0.426. The van der Waals surface area contributed by atoms with Crippen molar-refractivity contribution in [2.75, 3.05) is 6.54 Å². The average Bonchev–Trinajstić information content (AvgIpc) is 2.30. The number of nitrogens with zero attached hydrogens (tertiary/aromatic N) is 2. The number of nitriles is 1. The predicted molar refractivity (Wildman–Crippen MR) is 66.3 cm³/mol. The molecule has 3 heteroatoms. The van der Waals surface area contributed by atoms with Gasteiger partial charge in [0.05, 0.1) is 18.2 Å². The molecular weight excluding hydrogens is 198 g/mol. The topological polar surface area (TPSA) is 62.2 Å². The molecule has 0 heterocycles. The second-order valence-corrected chi connectivity index (χ2v) is 3.59. The molecule has 0 atom stereocenters. The third-order valence-corrected chi connectivity index (χ3v) is 2.27. The van der Waals surface area contributed by atoms with Crippen molar-refractivity contribution in [3.05, 3.63) is 47.0 Å². The van der Waals surface area contributed by atoms with Gasteiger partial charge in [0.1, 0.15) is 0 Å². The maximum absolute atomic E-state index is 8.73. The highest BCUT2D eigenvalue weighted by molar-refractivity contribution is 5.78. The molecule has 0 aliphatic rings. The summed E-state index contributed by atoms with van der Waals surface area (Å²) in [5, 5.41) is 8.73. The first-order chi connectivity index (χ1) is 7.67. The molecule has 0 aliphatic carbocycles. The maximum atomic E-state index is 8.73. The molecule has 0 spiro atoms. The second kappa shape index (κ2) is 5.84. The number of aryl methyl sites for hydroxylation is 1. The van der Waals surface area contributed by atoms with Crippen LogP contribution in [0.15, 0.2) is 35.3 Å². The lowest BCUT2D eigenvalue weighted by Gasteiger charge is -2.02. The van der Waals surface area contributed by atoms with Crippen molar-refractivity contribution >= 4 is 6.21 Å². The summed E-state index contributed by atoms with van der Waals surface area (Å²) in [4.78, 5) is 4.24. The minimum atomic E-state index is 0.426. The van der Waals surface area contributed by atoms with Gasteiger partial charge in [-0.25, -0.2) is 0 Å². The highest BCUT2D eigenvalue weighted by atomic mass is 14.7. The van der Waals surface area contributed by atoms with Gasteiger partial charge in [-0.2, -0.15) is 5.26 Å². The fourth-order valence-electron chi connectivity index (χ4n) is 1.27. The summed E-state index contributed by atoms with van der Waals surface area (Å²) < 4.78 is 0. The van der Waals surface area contributed by atoms with E-state index in [9.17, 15) is 0 Å². The molecule has 0 fully saturated rings. The van der Waals surface area contributed by atoms with Crippen molar-refractivity contribution in [1.82, 2.24) is 0 Å². The van der Waals surface area contributed by atoms with Crippen molar-refractivity contribution in [1.29, 1.82) is 5.26 Å². The van der Waals surface area contributed by atoms with E-state index in [4.69, 9.17) is 11.0 Å². The van der Waals surface area contributed by atoms with E-state index in [1.54, 1.807) is 12.3 Å². The van der Waals surface area contributed by atoms with Crippen molar-refractivity contribution in [2.45, 2.75) is 13.5 Å². The Balaban J connectivity index is 2.72. The van der Waals surface area contributed by atoms with Gasteiger partial charge >= 0.3 is 0 Å². The first-order valence-corrected chi connectivity index (χ1v) is 5.04. The van der Waals surface area contributed by atoms with Gasteiger partial charge in [0, 0.05) is 12.8 Å². The van der Waals surface area contributed by atoms with Crippen LogP contribution in [0.3, 0.4) is 0 Å². The zero-order valence-electron chi connectivity index (χ0n) is 9.40. The van der Waals surface area contributed by atoms with Crippen LogP contribution in [0.25, 0.3) is 0 Å². The third kappa shape index (κ3) is 3.34. The molecule has 82 valence electrons. The fraction of sp³-hybridized carbons (Fsp3) is 0.231. The Hall–Kier alpha value is -1.92. The lowest BCUT2D eigenvalue weighted by Crippen LogP contribution is -2.02. The van der Waals surface area contributed by atoms with Crippen LogP contribution in [-0.4, -0.2) is 12.8 Å². The van der Waals surface area contributed by atoms with E-state index in [0.29, 0.717) is 18.7 Å². The van der Waals surface area contributed by atoms with Crippen LogP contribution in [0.1, 0.15) is 16.7 Å². The van der Waals surface area contributed by atoms with Gasteiger partial charge in [-0.3, -0.25) is 4.99 Å². The first kappa shape index (κ1) is 12.2. The maximum Gasteiger partial charge on any atom is 0.0991 e. The van der Waals surface area contributed by atoms with E-state index in [2.05, 4.69) is 17.6 Å². The van der Waals surface area contributed by atoms with Gasteiger partial charge in [-0.05, 0) is 35.8 Å². The Morgan fingerprint density at radius 2 is 2.38 bits per heavy atom. The smallest absolute Gasteiger partial charge is 0.0991 e. The van der Waals surface area contributed by atoms with Crippen molar-refractivity contribution in [3.8, 4) is 6.07 Å². The second-order valence-electron chi connectivity index (χ2n) is 3.59. The molecular formula is C13H15N3. The zero-order valence-corrected chi connectivity index (χ0v) is 9.40. The molecule has 0 bridgehead atoms. The van der Waals surface area contributed by atoms with Crippen molar-refractivity contribution in [3.63, 3.8) is 0 Å². The van der Waals surface area contributed by atoms with Gasteiger partial charge in [0.15, 0.2) is 0 Å². The standard InChI is InChI=1S/C13H15N3/c1-10(6-14)8-16-9-13-4-3-12(7-15)5-11(13)2/h3-5,8H,1,6,9,14H2,2H3. The van der Waals surface area contributed by atoms with Crippen LogP contribution >= 0.6 is 0 Å². The van der Waals surface area contributed by atoms with Gasteiger partial charge in [0.2, 0.25) is 0 Å². The van der Waals surface area contributed by atoms with Crippen molar-refractivity contribution in [2.24, 2.45) is 10.7 Å². The van der Waals surface area contributed by atoms with Crippen LogP contribution in [-0.2, 0) is 6.54 Å². The number of rotatable bonds is 4. The number of benzene rings is 1. The minimum Gasteiger partial charge on any atom is -0.326 e. The Morgan fingerprint density at radius 3 is 2.94 bits per heavy atom. The molecule has 1 rings (SSSR count). The van der Waals surface area contributed by atoms with Crippen LogP contribution in [0, 0.1) is 18.3 Å². The summed E-state index contributed by atoms with van der Waals surface area (Å²) in [6, 6.07) is 7.70. The Kier molecular flexibility index (Phi) is 4.43. The first-order valence-electron chi connectivity index (χ1n) is 5.04. The van der Waals surface area contributed by atoms with Crippen LogP contribution in [0.4, 0.5) is 0 Å². The third-order valence-electron chi connectivity index (χ3n) is 2.27. The molecule has 0 radical (unpaired) electrons. The van der Waals surface area contributed by atoms with E-state index in [0.717, 1.165) is 16.7 Å². The van der Waals surface area contributed by atoms with Gasteiger partial charge in [-0.15, -0.1) is 0 Å². The lowest BCUT2D eigenvalue weighted by molar-refractivity contribution is 1.05. The molecule has 3 nitrogen and oxygen atoms in total. The van der Waals surface area contributed by atoms with Gasteiger partial charge in [0.25, 0.3) is 0 Å². The monoisotopic (exact) mass is 213 g/mol. The zero-order chi connectivity index (χ0) is 12.0. The normalized spacial score (nSPS) is 10.3. The Labute approximate surface area is 95.9 Å². The SMILES string of the molecule is C=C(C=NCc1ccc(C#N)cc1C)CN. The average molecular weight is 213 g/mol. The summed E-state index contributed by atoms with van der Waals surface area (Å²) in [5.74, 6) is 0. The molecule has 0 unspecified atom stereocenters. The van der Waals surface area contributed by atoms with Gasteiger partial charge in [-0.1, -0.05) is 12.6 Å². The quantitative estimate of drug-likeness (QED) is 0.777. The van der Waals surface area contributed by atoms with Crippen LogP contribution < -0.4 is 5.73 Å². The van der Waals surface area contributed by atoms with Crippen LogP contribution in [0.5, 0.6) is 0 Å². The summed E-state index contributed by atoms with van der Waals surface area (Å²) in [6.07, 6.45) is 1.69. The molecule has 0 saturated heterocycles. The fourth-order valence-corrected chi connectivity index (χ4v) is 1.27. The lowest BCUT2D eigenvalue weighted by atomic mass is 10.1. The molecule has 0 saturated carbocycles. The highest BCUT2D eigenvalue weighted by Crippen LogP contribution is 2.11. The molecule has 16 heavy (non-hydrogen) atoms. The van der Waals surface area contributed by atoms with Crippen LogP contribution in [0.2, 0.25) is 0 Å². The summed E-state index contributed by atoms with van der Waals surface area (Å²) in [6.45, 7) is 6.73. The molecule has 1 aromatic rings.